The summed E-state index contributed by atoms with van der Waals surface area (Å²) in [5, 5.41) is 0.951. The molecule has 172 valence electrons. The van der Waals surface area contributed by atoms with Crippen molar-refractivity contribution in [2.24, 2.45) is 0 Å². The summed E-state index contributed by atoms with van der Waals surface area (Å²) in [5.74, 6) is 1.81. The van der Waals surface area contributed by atoms with Crippen molar-refractivity contribution in [2.45, 2.75) is 19.3 Å². The number of ether oxygens (including phenoxy) is 1. The predicted octanol–water partition coefficient (Wildman–Crippen LogP) is 6.17. The summed E-state index contributed by atoms with van der Waals surface area (Å²) in [6.45, 7) is 0.619. The maximum absolute atomic E-state index is 14.6. The van der Waals surface area contributed by atoms with Crippen LogP contribution in [-0.2, 0) is 24.0 Å². The average Bonchev–Trinajstić information content (AvgIpc) is 2.82. The molecule has 0 amide bonds. The Morgan fingerprint density at radius 3 is 2.12 bits per heavy atom. The number of methoxy groups -OCH3 is 1. The van der Waals surface area contributed by atoms with Crippen molar-refractivity contribution in [3.8, 4) is 11.8 Å². The molecule has 0 aliphatic rings. The minimum Gasteiger partial charge on any atom is -0.384 e. The van der Waals surface area contributed by atoms with Crippen LogP contribution < -0.4 is 0 Å². The maximum atomic E-state index is 14.6. The van der Waals surface area contributed by atoms with Crippen molar-refractivity contribution in [1.29, 1.82) is 0 Å². The average molecular weight is 463 g/mol. The Balaban J connectivity index is 1.47. The number of halogens is 4. The second-order valence-electron chi connectivity index (χ2n) is 7.91. The standard InChI is InChI=1S/C28H21F4NO/c1-34-11-10-19-3-7-23(33-17-19)8-4-20-13-25(29)24(26(30)14-20)9-5-18-2-6-21-15-27(31)28(32)16-22(21)12-18/h2-3,6-7,12-17H,4,8,10-11H2,1H3. The molecule has 0 saturated heterocycles. The lowest BCUT2D eigenvalue weighted by molar-refractivity contribution is 0.202. The van der Waals surface area contributed by atoms with Crippen LogP contribution in [0.3, 0.4) is 0 Å². The van der Waals surface area contributed by atoms with Gasteiger partial charge in [0.15, 0.2) is 11.6 Å². The minimum atomic E-state index is -0.970. The fourth-order valence-electron chi connectivity index (χ4n) is 3.59. The molecule has 1 aromatic heterocycles. The van der Waals surface area contributed by atoms with Crippen LogP contribution >= 0.6 is 0 Å². The van der Waals surface area contributed by atoms with Gasteiger partial charge in [-0.05, 0) is 83.6 Å². The molecule has 6 heteroatoms. The summed E-state index contributed by atoms with van der Waals surface area (Å²) in [5.41, 5.74) is 2.50. The number of pyridine rings is 1. The number of fused-ring (bicyclic) bond motifs is 1. The van der Waals surface area contributed by atoms with E-state index >= 15 is 0 Å². The Morgan fingerprint density at radius 2 is 1.44 bits per heavy atom. The monoisotopic (exact) mass is 463 g/mol. The molecule has 34 heavy (non-hydrogen) atoms. The molecule has 3 aromatic carbocycles. The highest BCUT2D eigenvalue weighted by molar-refractivity contribution is 5.84. The highest BCUT2D eigenvalue weighted by Crippen LogP contribution is 2.20. The van der Waals surface area contributed by atoms with E-state index in [1.54, 1.807) is 31.5 Å². The zero-order chi connectivity index (χ0) is 24.1. The molecule has 0 aliphatic carbocycles. The van der Waals surface area contributed by atoms with Crippen LogP contribution in [0.4, 0.5) is 17.6 Å². The summed E-state index contributed by atoms with van der Waals surface area (Å²) in [6.07, 6.45) is 3.53. The third-order valence-corrected chi connectivity index (χ3v) is 5.46. The molecule has 0 saturated carbocycles. The summed E-state index contributed by atoms with van der Waals surface area (Å²) in [4.78, 5) is 4.39. The number of aryl methyl sites for hydroxylation is 2. The van der Waals surface area contributed by atoms with E-state index in [2.05, 4.69) is 16.8 Å². The molecule has 0 radical (unpaired) electrons. The van der Waals surface area contributed by atoms with E-state index in [-0.39, 0.29) is 5.56 Å². The first-order chi connectivity index (χ1) is 16.4. The van der Waals surface area contributed by atoms with Crippen molar-refractivity contribution in [3.05, 3.63) is 112 Å². The highest BCUT2D eigenvalue weighted by Gasteiger charge is 2.10. The van der Waals surface area contributed by atoms with Gasteiger partial charge in [-0.3, -0.25) is 4.98 Å². The van der Waals surface area contributed by atoms with Crippen molar-refractivity contribution in [3.63, 3.8) is 0 Å². The topological polar surface area (TPSA) is 22.1 Å². The minimum absolute atomic E-state index is 0.338. The first-order valence-electron chi connectivity index (χ1n) is 10.7. The van der Waals surface area contributed by atoms with Gasteiger partial charge in [0.1, 0.15) is 11.6 Å². The molecule has 0 spiro atoms. The summed E-state index contributed by atoms with van der Waals surface area (Å²) < 4.78 is 61.1. The molecule has 4 aromatic rings. The highest BCUT2D eigenvalue weighted by atomic mass is 19.2. The number of rotatable bonds is 6. The van der Waals surface area contributed by atoms with Gasteiger partial charge in [-0.2, -0.15) is 0 Å². The number of nitrogens with zero attached hydrogens (tertiary/aromatic N) is 1. The molecule has 4 rings (SSSR count). The molecule has 0 unspecified atom stereocenters. The van der Waals surface area contributed by atoms with Gasteiger partial charge >= 0.3 is 0 Å². The Bertz CT molecular complexity index is 1360. The SMILES string of the molecule is COCCc1ccc(CCc2cc(F)c(C#Cc3ccc4cc(F)c(F)cc4c3)c(F)c2)nc1. The van der Waals surface area contributed by atoms with E-state index in [1.165, 1.54) is 12.1 Å². The van der Waals surface area contributed by atoms with E-state index in [0.717, 1.165) is 29.8 Å². The van der Waals surface area contributed by atoms with Crippen LogP contribution in [0.1, 0.15) is 27.9 Å². The predicted molar refractivity (Wildman–Crippen MR) is 123 cm³/mol. The van der Waals surface area contributed by atoms with Crippen LogP contribution in [0.15, 0.2) is 60.8 Å². The second kappa shape index (κ2) is 10.5. The van der Waals surface area contributed by atoms with Gasteiger partial charge in [-0.1, -0.05) is 24.0 Å². The van der Waals surface area contributed by atoms with Crippen molar-refractivity contribution < 1.29 is 22.3 Å². The molecular weight excluding hydrogens is 442 g/mol. The Kier molecular flexibility index (Phi) is 7.24. The Hall–Kier alpha value is -3.69. The van der Waals surface area contributed by atoms with Crippen LogP contribution in [0.5, 0.6) is 0 Å². The molecule has 0 aliphatic heterocycles. The van der Waals surface area contributed by atoms with Gasteiger partial charge in [-0.25, -0.2) is 17.6 Å². The first-order valence-corrected chi connectivity index (χ1v) is 10.7. The molecule has 0 atom stereocenters. The van der Waals surface area contributed by atoms with E-state index in [1.807, 2.05) is 12.1 Å². The van der Waals surface area contributed by atoms with E-state index in [0.29, 0.717) is 41.3 Å². The zero-order valence-corrected chi connectivity index (χ0v) is 18.5. The molecule has 2 nitrogen and oxygen atoms in total. The Morgan fingerprint density at radius 1 is 0.706 bits per heavy atom. The lowest BCUT2D eigenvalue weighted by atomic mass is 10.0. The van der Waals surface area contributed by atoms with Crippen molar-refractivity contribution in [2.75, 3.05) is 13.7 Å². The zero-order valence-electron chi connectivity index (χ0n) is 18.5. The van der Waals surface area contributed by atoms with Gasteiger partial charge in [0, 0.05) is 24.6 Å². The molecule has 0 N–H and O–H groups in total. The van der Waals surface area contributed by atoms with Gasteiger partial charge in [0.2, 0.25) is 0 Å². The van der Waals surface area contributed by atoms with Gasteiger partial charge in [0.25, 0.3) is 0 Å². The summed E-state index contributed by atoms with van der Waals surface area (Å²) in [7, 11) is 1.64. The van der Waals surface area contributed by atoms with Crippen LogP contribution in [0.25, 0.3) is 10.8 Å². The smallest absolute Gasteiger partial charge is 0.159 e. The summed E-state index contributed by atoms with van der Waals surface area (Å²) >= 11 is 0. The van der Waals surface area contributed by atoms with Gasteiger partial charge < -0.3 is 4.74 Å². The van der Waals surface area contributed by atoms with Crippen molar-refractivity contribution >= 4 is 10.8 Å². The number of hydrogen-bond donors (Lipinski definition) is 0. The van der Waals surface area contributed by atoms with E-state index in [9.17, 15) is 17.6 Å². The number of aromatic nitrogens is 1. The van der Waals surface area contributed by atoms with Crippen LogP contribution in [-0.4, -0.2) is 18.7 Å². The van der Waals surface area contributed by atoms with E-state index < -0.39 is 23.3 Å². The van der Waals surface area contributed by atoms with Crippen LogP contribution in [0.2, 0.25) is 0 Å². The molecule has 1 heterocycles. The Labute approximate surface area is 195 Å². The quantitative estimate of drug-likeness (QED) is 0.252. The van der Waals surface area contributed by atoms with Gasteiger partial charge in [-0.15, -0.1) is 0 Å². The second-order valence-corrected chi connectivity index (χ2v) is 7.91. The largest absolute Gasteiger partial charge is 0.384 e. The molecule has 0 bridgehead atoms. The summed E-state index contributed by atoms with van der Waals surface area (Å²) in [6, 6.07) is 13.3. The van der Waals surface area contributed by atoms with Crippen molar-refractivity contribution in [1.82, 2.24) is 4.98 Å². The lowest BCUT2D eigenvalue weighted by Crippen LogP contribution is -2.00. The number of benzene rings is 3. The molecule has 0 fully saturated rings. The normalized spacial score (nSPS) is 10.9. The first kappa shape index (κ1) is 23.5. The fraction of sp³-hybridized carbons (Fsp3) is 0.179. The van der Waals surface area contributed by atoms with E-state index in [4.69, 9.17) is 4.74 Å². The van der Waals surface area contributed by atoms with Gasteiger partial charge in [0.05, 0.1) is 12.2 Å². The maximum Gasteiger partial charge on any atom is 0.159 e. The van der Waals surface area contributed by atoms with Crippen LogP contribution in [0, 0.1) is 35.1 Å². The lowest BCUT2D eigenvalue weighted by Gasteiger charge is -2.06. The number of hydrogen-bond acceptors (Lipinski definition) is 2. The molecular formula is C28H21F4NO. The third-order valence-electron chi connectivity index (χ3n) is 5.46. The fourth-order valence-corrected chi connectivity index (χ4v) is 3.59. The third kappa shape index (κ3) is 5.62.